The van der Waals surface area contributed by atoms with Crippen LogP contribution in [0.5, 0.6) is 0 Å². The first kappa shape index (κ1) is 24.1. The molecule has 2 amide bonds. The zero-order valence-electron chi connectivity index (χ0n) is 19.3. The molecule has 1 aromatic rings. The number of morpholine rings is 1. The Morgan fingerprint density at radius 2 is 1.81 bits per heavy atom. The standard InChI is InChI=1S/C22H36N6O4/c1-3-23-22(25-7-4-6-24-21(30)20-18(2)5-14-32-20)28-10-8-26(9-11-28)17-19(29)27-12-15-31-16-13-27/h5,14H,3-4,6-13,15-17H2,1-2H3,(H,23,25)(H,24,30). The summed E-state index contributed by atoms with van der Waals surface area (Å²) in [5.41, 5.74) is 0.834. The van der Waals surface area contributed by atoms with Crippen molar-refractivity contribution in [1.82, 2.24) is 25.3 Å². The molecule has 1 aromatic heterocycles. The number of rotatable bonds is 8. The third-order valence-electron chi connectivity index (χ3n) is 5.68. The lowest BCUT2D eigenvalue weighted by atomic mass is 10.2. The number of nitrogens with zero attached hydrogens (tertiary/aromatic N) is 4. The van der Waals surface area contributed by atoms with Gasteiger partial charge in [-0.1, -0.05) is 0 Å². The smallest absolute Gasteiger partial charge is 0.287 e. The summed E-state index contributed by atoms with van der Waals surface area (Å²) in [7, 11) is 0. The highest BCUT2D eigenvalue weighted by Gasteiger charge is 2.24. The lowest BCUT2D eigenvalue weighted by Gasteiger charge is -2.37. The normalized spacial score (nSPS) is 18.0. The maximum Gasteiger partial charge on any atom is 0.287 e. The molecule has 2 aliphatic rings. The van der Waals surface area contributed by atoms with Crippen LogP contribution in [0.2, 0.25) is 0 Å². The second kappa shape index (κ2) is 12.4. The van der Waals surface area contributed by atoms with Gasteiger partial charge in [0.05, 0.1) is 26.0 Å². The van der Waals surface area contributed by atoms with Gasteiger partial charge in [-0.3, -0.25) is 19.5 Å². The number of carbonyl (C=O) groups is 2. The van der Waals surface area contributed by atoms with Crippen LogP contribution in [-0.2, 0) is 9.53 Å². The molecule has 3 rings (SSSR count). The van der Waals surface area contributed by atoms with E-state index in [-0.39, 0.29) is 11.8 Å². The number of piperazine rings is 1. The first-order valence-electron chi connectivity index (χ1n) is 11.5. The van der Waals surface area contributed by atoms with Crippen molar-refractivity contribution in [3.05, 3.63) is 23.7 Å². The van der Waals surface area contributed by atoms with Crippen LogP contribution in [0.1, 0.15) is 29.5 Å². The molecule has 0 unspecified atom stereocenters. The maximum absolute atomic E-state index is 12.5. The Morgan fingerprint density at radius 3 is 2.47 bits per heavy atom. The van der Waals surface area contributed by atoms with Crippen LogP contribution in [0.25, 0.3) is 0 Å². The van der Waals surface area contributed by atoms with E-state index in [1.165, 1.54) is 6.26 Å². The van der Waals surface area contributed by atoms with Gasteiger partial charge in [-0.15, -0.1) is 0 Å². The van der Waals surface area contributed by atoms with Crippen molar-refractivity contribution < 1.29 is 18.7 Å². The van der Waals surface area contributed by atoms with E-state index >= 15 is 0 Å². The van der Waals surface area contributed by atoms with Crippen LogP contribution >= 0.6 is 0 Å². The van der Waals surface area contributed by atoms with Crippen LogP contribution < -0.4 is 10.6 Å². The summed E-state index contributed by atoms with van der Waals surface area (Å²) in [4.78, 5) is 35.6. The van der Waals surface area contributed by atoms with Crippen molar-refractivity contribution in [1.29, 1.82) is 0 Å². The first-order chi connectivity index (χ1) is 15.6. The Morgan fingerprint density at radius 1 is 1.06 bits per heavy atom. The summed E-state index contributed by atoms with van der Waals surface area (Å²) in [5.74, 6) is 1.26. The molecule has 0 bridgehead atoms. The van der Waals surface area contributed by atoms with Crippen molar-refractivity contribution in [2.75, 3.05) is 78.7 Å². The Labute approximate surface area is 189 Å². The zero-order valence-corrected chi connectivity index (χ0v) is 19.3. The fourth-order valence-electron chi connectivity index (χ4n) is 3.80. The van der Waals surface area contributed by atoms with Gasteiger partial charge >= 0.3 is 0 Å². The van der Waals surface area contributed by atoms with Crippen LogP contribution in [0.4, 0.5) is 0 Å². The van der Waals surface area contributed by atoms with Gasteiger partial charge in [0.1, 0.15) is 0 Å². The maximum atomic E-state index is 12.5. The molecule has 0 spiro atoms. The Balaban J connectivity index is 1.38. The monoisotopic (exact) mass is 448 g/mol. The van der Waals surface area contributed by atoms with E-state index in [0.717, 1.165) is 50.7 Å². The van der Waals surface area contributed by atoms with Crippen molar-refractivity contribution in [3.8, 4) is 0 Å². The van der Waals surface area contributed by atoms with Gasteiger partial charge in [0, 0.05) is 64.5 Å². The quantitative estimate of drug-likeness (QED) is 0.332. The molecule has 32 heavy (non-hydrogen) atoms. The number of ether oxygens (including phenoxy) is 1. The number of aliphatic imine (C=N–C) groups is 1. The summed E-state index contributed by atoms with van der Waals surface area (Å²) in [6, 6.07) is 1.78. The lowest BCUT2D eigenvalue weighted by Crippen LogP contribution is -2.55. The summed E-state index contributed by atoms with van der Waals surface area (Å²) >= 11 is 0. The number of guanidine groups is 1. The molecule has 0 aliphatic carbocycles. The van der Waals surface area contributed by atoms with E-state index in [1.54, 1.807) is 6.07 Å². The average Bonchev–Trinajstić information content (AvgIpc) is 3.25. The molecule has 3 heterocycles. The van der Waals surface area contributed by atoms with Gasteiger partial charge in [0.25, 0.3) is 5.91 Å². The van der Waals surface area contributed by atoms with Gasteiger partial charge in [-0.25, -0.2) is 0 Å². The van der Waals surface area contributed by atoms with E-state index in [2.05, 4.69) is 27.4 Å². The van der Waals surface area contributed by atoms with Gasteiger partial charge in [0.15, 0.2) is 11.7 Å². The van der Waals surface area contributed by atoms with Crippen molar-refractivity contribution in [2.24, 2.45) is 4.99 Å². The number of hydrogen-bond donors (Lipinski definition) is 2. The van der Waals surface area contributed by atoms with E-state index in [4.69, 9.17) is 14.1 Å². The molecular formula is C22H36N6O4. The molecule has 10 heteroatoms. The highest BCUT2D eigenvalue weighted by molar-refractivity contribution is 5.92. The minimum Gasteiger partial charge on any atom is -0.459 e. The Hall–Kier alpha value is -2.59. The Kier molecular flexibility index (Phi) is 9.36. The predicted octanol–water partition coefficient (Wildman–Crippen LogP) is 0.150. The number of hydrogen-bond acceptors (Lipinski definition) is 6. The van der Waals surface area contributed by atoms with Gasteiger partial charge in [-0.2, -0.15) is 0 Å². The minimum atomic E-state index is -0.189. The minimum absolute atomic E-state index is 0.189. The molecule has 2 saturated heterocycles. The third-order valence-corrected chi connectivity index (χ3v) is 5.68. The summed E-state index contributed by atoms with van der Waals surface area (Å²) < 4.78 is 10.5. The number of amides is 2. The molecular weight excluding hydrogens is 412 g/mol. The van der Waals surface area contributed by atoms with Crippen LogP contribution in [0.3, 0.4) is 0 Å². The van der Waals surface area contributed by atoms with E-state index in [9.17, 15) is 9.59 Å². The highest BCUT2D eigenvalue weighted by Crippen LogP contribution is 2.08. The number of carbonyl (C=O) groups excluding carboxylic acids is 2. The SMILES string of the molecule is CCNC(=NCCCNC(=O)c1occc1C)N1CCN(CC(=O)N2CCOCC2)CC1. The van der Waals surface area contributed by atoms with Crippen LogP contribution in [-0.4, -0.2) is 111 Å². The molecule has 0 aromatic carbocycles. The fraction of sp³-hybridized carbons (Fsp3) is 0.682. The van der Waals surface area contributed by atoms with Gasteiger partial charge in [-0.05, 0) is 26.3 Å². The largest absolute Gasteiger partial charge is 0.459 e. The van der Waals surface area contributed by atoms with Crippen molar-refractivity contribution >= 4 is 17.8 Å². The predicted molar refractivity (Wildman–Crippen MR) is 122 cm³/mol. The first-order valence-corrected chi connectivity index (χ1v) is 11.5. The topological polar surface area (TPSA) is 103 Å². The molecule has 178 valence electrons. The molecule has 10 nitrogen and oxygen atoms in total. The second-order valence-electron chi connectivity index (χ2n) is 8.03. The van der Waals surface area contributed by atoms with E-state index < -0.39 is 0 Å². The average molecular weight is 449 g/mol. The Bertz CT molecular complexity index is 766. The number of aryl methyl sites for hydroxylation is 1. The number of furan rings is 1. The highest BCUT2D eigenvalue weighted by atomic mass is 16.5. The molecule has 2 N–H and O–H groups in total. The lowest BCUT2D eigenvalue weighted by molar-refractivity contribution is -0.136. The molecule has 0 saturated carbocycles. The summed E-state index contributed by atoms with van der Waals surface area (Å²) in [6.07, 6.45) is 2.27. The van der Waals surface area contributed by atoms with Gasteiger partial charge < -0.3 is 29.6 Å². The summed E-state index contributed by atoms with van der Waals surface area (Å²) in [5, 5.41) is 6.23. The fourth-order valence-corrected chi connectivity index (χ4v) is 3.80. The third kappa shape index (κ3) is 6.96. The number of nitrogens with one attached hydrogen (secondary N) is 2. The van der Waals surface area contributed by atoms with E-state index in [0.29, 0.717) is 51.7 Å². The van der Waals surface area contributed by atoms with Crippen LogP contribution in [0, 0.1) is 6.92 Å². The second-order valence-corrected chi connectivity index (χ2v) is 8.03. The van der Waals surface area contributed by atoms with Crippen molar-refractivity contribution in [3.63, 3.8) is 0 Å². The zero-order chi connectivity index (χ0) is 22.8. The molecule has 2 aliphatic heterocycles. The summed E-state index contributed by atoms with van der Waals surface area (Å²) in [6.45, 7) is 12.3. The van der Waals surface area contributed by atoms with Crippen molar-refractivity contribution in [2.45, 2.75) is 20.3 Å². The van der Waals surface area contributed by atoms with E-state index in [1.807, 2.05) is 11.8 Å². The van der Waals surface area contributed by atoms with Crippen LogP contribution in [0.15, 0.2) is 21.7 Å². The molecule has 2 fully saturated rings. The molecule has 0 radical (unpaired) electrons. The van der Waals surface area contributed by atoms with Gasteiger partial charge in [0.2, 0.25) is 5.91 Å². The molecule has 0 atom stereocenters.